The summed E-state index contributed by atoms with van der Waals surface area (Å²) in [4.78, 5) is 0. The number of unbranched alkanes of at least 4 members (excludes halogenated alkanes) is 2. The molecule has 104 valence electrons. The highest BCUT2D eigenvalue weighted by Crippen LogP contribution is 2.02. The molecule has 0 aromatic heterocycles. The van der Waals surface area contributed by atoms with Crippen LogP contribution in [0.15, 0.2) is 0 Å². The Labute approximate surface area is 108 Å². The smallest absolute Gasteiger partial charge is 0.0468 e. The van der Waals surface area contributed by atoms with Crippen LogP contribution in [0.1, 0.15) is 59.8 Å². The molecule has 0 aromatic carbocycles. The molecule has 0 saturated heterocycles. The molecule has 2 nitrogen and oxygen atoms in total. The van der Waals surface area contributed by atoms with Gasteiger partial charge in [0.05, 0.1) is 0 Å². The van der Waals surface area contributed by atoms with Crippen LogP contribution in [-0.2, 0) is 9.47 Å². The van der Waals surface area contributed by atoms with E-state index in [1.54, 1.807) is 0 Å². The summed E-state index contributed by atoms with van der Waals surface area (Å²) < 4.78 is 11.1. The predicted octanol–water partition coefficient (Wildman–Crippen LogP) is 4.28. The van der Waals surface area contributed by atoms with Crippen molar-refractivity contribution >= 4 is 0 Å². The third kappa shape index (κ3) is 15.9. The molecule has 0 aliphatic carbocycles. The fraction of sp³-hybridized carbons (Fsp3) is 1.00. The predicted molar refractivity (Wildman–Crippen MR) is 74.4 cm³/mol. The van der Waals surface area contributed by atoms with E-state index >= 15 is 0 Å². The van der Waals surface area contributed by atoms with Crippen molar-refractivity contribution in [1.82, 2.24) is 0 Å². The highest BCUT2D eigenvalue weighted by Gasteiger charge is 1.96. The summed E-state index contributed by atoms with van der Waals surface area (Å²) in [5.41, 5.74) is 0. The zero-order chi connectivity index (χ0) is 12.9. The maximum Gasteiger partial charge on any atom is 0.0468 e. The first-order chi connectivity index (χ1) is 8.13. The zero-order valence-corrected chi connectivity index (χ0v) is 12.3. The molecule has 0 radical (unpaired) electrons. The van der Waals surface area contributed by atoms with E-state index in [-0.39, 0.29) is 0 Å². The second-order valence-corrected chi connectivity index (χ2v) is 5.65. The first-order valence-electron chi connectivity index (χ1n) is 7.28. The molecule has 0 heterocycles. The zero-order valence-electron chi connectivity index (χ0n) is 12.3. The monoisotopic (exact) mass is 244 g/mol. The van der Waals surface area contributed by atoms with E-state index in [0.717, 1.165) is 38.3 Å². The summed E-state index contributed by atoms with van der Waals surface area (Å²) in [6.45, 7) is 12.6. The quantitative estimate of drug-likeness (QED) is 0.477. The van der Waals surface area contributed by atoms with Gasteiger partial charge in [-0.25, -0.2) is 0 Å². The average molecular weight is 244 g/mol. The van der Waals surface area contributed by atoms with Gasteiger partial charge < -0.3 is 9.47 Å². The summed E-state index contributed by atoms with van der Waals surface area (Å²) in [6.07, 6.45) is 5.93. The third-order valence-corrected chi connectivity index (χ3v) is 2.76. The van der Waals surface area contributed by atoms with Gasteiger partial charge in [0, 0.05) is 26.4 Å². The SMILES string of the molecule is CC(C)CCOCCCCCOCCC(C)C. The van der Waals surface area contributed by atoms with Gasteiger partial charge >= 0.3 is 0 Å². The molecule has 0 saturated carbocycles. The number of ether oxygens (including phenoxy) is 2. The molecule has 0 fully saturated rings. The largest absolute Gasteiger partial charge is 0.381 e. The standard InChI is InChI=1S/C15H32O2/c1-14(2)8-12-16-10-6-5-7-11-17-13-9-15(3)4/h14-15H,5-13H2,1-4H3. The van der Waals surface area contributed by atoms with Crippen molar-refractivity contribution in [3.05, 3.63) is 0 Å². The molecule has 0 bridgehead atoms. The maximum absolute atomic E-state index is 5.56. The van der Waals surface area contributed by atoms with Gasteiger partial charge in [0.15, 0.2) is 0 Å². The lowest BCUT2D eigenvalue weighted by Gasteiger charge is -2.07. The van der Waals surface area contributed by atoms with Crippen LogP contribution in [0.25, 0.3) is 0 Å². The summed E-state index contributed by atoms with van der Waals surface area (Å²) in [7, 11) is 0. The van der Waals surface area contributed by atoms with Gasteiger partial charge in [-0.15, -0.1) is 0 Å². The molecule has 0 aliphatic rings. The van der Waals surface area contributed by atoms with E-state index in [4.69, 9.17) is 9.47 Å². The van der Waals surface area contributed by atoms with Gasteiger partial charge in [0.25, 0.3) is 0 Å². The van der Waals surface area contributed by atoms with Crippen molar-refractivity contribution < 1.29 is 9.47 Å². The fourth-order valence-corrected chi connectivity index (χ4v) is 1.43. The van der Waals surface area contributed by atoms with E-state index in [1.165, 1.54) is 32.1 Å². The molecule has 2 heteroatoms. The Morgan fingerprint density at radius 1 is 0.588 bits per heavy atom. The Hall–Kier alpha value is -0.0800. The van der Waals surface area contributed by atoms with Gasteiger partial charge in [-0.2, -0.15) is 0 Å². The first kappa shape index (κ1) is 16.9. The first-order valence-corrected chi connectivity index (χ1v) is 7.28. The minimum absolute atomic E-state index is 0.754. The maximum atomic E-state index is 5.56. The average Bonchev–Trinajstić information content (AvgIpc) is 2.25. The van der Waals surface area contributed by atoms with Crippen LogP contribution in [0.3, 0.4) is 0 Å². The third-order valence-electron chi connectivity index (χ3n) is 2.76. The van der Waals surface area contributed by atoms with Gasteiger partial charge in [-0.1, -0.05) is 27.7 Å². The van der Waals surface area contributed by atoms with Crippen molar-refractivity contribution in [3.63, 3.8) is 0 Å². The van der Waals surface area contributed by atoms with Crippen LogP contribution in [0.4, 0.5) is 0 Å². The Bertz CT molecular complexity index is 128. The van der Waals surface area contributed by atoms with Crippen LogP contribution >= 0.6 is 0 Å². The summed E-state index contributed by atoms with van der Waals surface area (Å²) in [5.74, 6) is 1.51. The van der Waals surface area contributed by atoms with E-state index in [0.29, 0.717) is 0 Å². The van der Waals surface area contributed by atoms with Crippen molar-refractivity contribution in [3.8, 4) is 0 Å². The molecule has 0 aromatic rings. The van der Waals surface area contributed by atoms with Crippen molar-refractivity contribution in [2.24, 2.45) is 11.8 Å². The molecule has 0 amide bonds. The van der Waals surface area contributed by atoms with Crippen molar-refractivity contribution in [2.45, 2.75) is 59.8 Å². The van der Waals surface area contributed by atoms with Crippen LogP contribution in [0, 0.1) is 11.8 Å². The van der Waals surface area contributed by atoms with Crippen LogP contribution in [0.2, 0.25) is 0 Å². The lowest BCUT2D eigenvalue weighted by atomic mass is 10.1. The molecule has 0 atom stereocenters. The molecular formula is C15H32O2. The molecule has 0 N–H and O–H groups in total. The highest BCUT2D eigenvalue weighted by atomic mass is 16.5. The lowest BCUT2D eigenvalue weighted by Crippen LogP contribution is -2.02. The van der Waals surface area contributed by atoms with Crippen molar-refractivity contribution in [2.75, 3.05) is 26.4 Å². The van der Waals surface area contributed by atoms with Gasteiger partial charge in [-0.3, -0.25) is 0 Å². The van der Waals surface area contributed by atoms with Crippen molar-refractivity contribution in [1.29, 1.82) is 0 Å². The molecule has 17 heavy (non-hydrogen) atoms. The summed E-state index contributed by atoms with van der Waals surface area (Å²) in [6, 6.07) is 0. The molecule has 0 spiro atoms. The Balaban J connectivity index is 2.94. The minimum atomic E-state index is 0.754. The van der Waals surface area contributed by atoms with E-state index in [2.05, 4.69) is 27.7 Å². The van der Waals surface area contributed by atoms with Gasteiger partial charge in [0.1, 0.15) is 0 Å². The topological polar surface area (TPSA) is 18.5 Å². The van der Waals surface area contributed by atoms with Gasteiger partial charge in [0.2, 0.25) is 0 Å². The van der Waals surface area contributed by atoms with E-state index in [9.17, 15) is 0 Å². The van der Waals surface area contributed by atoms with Gasteiger partial charge in [-0.05, 0) is 43.9 Å². The molecular weight excluding hydrogens is 212 g/mol. The van der Waals surface area contributed by atoms with Crippen LogP contribution in [0.5, 0.6) is 0 Å². The van der Waals surface area contributed by atoms with E-state index in [1.807, 2.05) is 0 Å². The summed E-state index contributed by atoms with van der Waals surface area (Å²) >= 11 is 0. The Kier molecular flexibility index (Phi) is 12.3. The minimum Gasteiger partial charge on any atom is -0.381 e. The Morgan fingerprint density at radius 3 is 1.35 bits per heavy atom. The fourth-order valence-electron chi connectivity index (χ4n) is 1.43. The number of hydrogen-bond donors (Lipinski definition) is 0. The molecule has 0 unspecified atom stereocenters. The lowest BCUT2D eigenvalue weighted by molar-refractivity contribution is 0.105. The summed E-state index contributed by atoms with van der Waals surface area (Å²) in [5, 5.41) is 0. The number of hydrogen-bond acceptors (Lipinski definition) is 2. The van der Waals surface area contributed by atoms with Crippen LogP contribution in [-0.4, -0.2) is 26.4 Å². The molecule has 0 aliphatic heterocycles. The molecule has 0 rings (SSSR count). The normalized spacial score (nSPS) is 11.6. The highest BCUT2D eigenvalue weighted by molar-refractivity contribution is 4.46. The second kappa shape index (κ2) is 12.4. The second-order valence-electron chi connectivity index (χ2n) is 5.65. The number of rotatable bonds is 12. The van der Waals surface area contributed by atoms with Crippen LogP contribution < -0.4 is 0 Å². The Morgan fingerprint density at radius 2 is 1.00 bits per heavy atom. The van der Waals surface area contributed by atoms with E-state index < -0.39 is 0 Å².